The van der Waals surface area contributed by atoms with Crippen LogP contribution >= 0.6 is 0 Å². The summed E-state index contributed by atoms with van der Waals surface area (Å²) >= 11 is 0. The molecule has 1 aromatic carbocycles. The van der Waals surface area contributed by atoms with Crippen LogP contribution in [0.25, 0.3) is 0 Å². The van der Waals surface area contributed by atoms with Gasteiger partial charge in [0, 0.05) is 0 Å². The first-order valence-corrected chi connectivity index (χ1v) is 6.01. The first kappa shape index (κ1) is 11.9. The Labute approximate surface area is 101 Å². The molecule has 0 fully saturated rings. The largest absolute Gasteiger partial charge is 0.492 e. The van der Waals surface area contributed by atoms with E-state index < -0.39 is 0 Å². The van der Waals surface area contributed by atoms with E-state index in [1.54, 1.807) is 0 Å². The summed E-state index contributed by atoms with van der Waals surface area (Å²) in [5, 5.41) is 2.67. The summed E-state index contributed by atoms with van der Waals surface area (Å²) in [7, 11) is 0. The average molecular weight is 234 g/mol. The molecule has 0 bridgehead atoms. The van der Waals surface area contributed by atoms with Crippen molar-refractivity contribution in [2.45, 2.75) is 19.3 Å². The number of hydrogen-bond acceptors (Lipinski definition) is 3. The van der Waals surface area contributed by atoms with E-state index in [1.807, 2.05) is 6.07 Å². The Morgan fingerprint density at radius 3 is 3.00 bits per heavy atom. The predicted molar refractivity (Wildman–Crippen MR) is 66.0 cm³/mol. The summed E-state index contributed by atoms with van der Waals surface area (Å²) in [4.78, 5) is 10.9. The predicted octanol–water partition coefficient (Wildman–Crippen LogP) is 0.629. The molecule has 0 spiro atoms. The molecule has 92 valence electrons. The molecule has 3 N–H and O–H groups in total. The van der Waals surface area contributed by atoms with Gasteiger partial charge in [0.05, 0.1) is 13.1 Å². The van der Waals surface area contributed by atoms with Crippen molar-refractivity contribution in [2.75, 3.05) is 19.7 Å². The monoisotopic (exact) mass is 234 g/mol. The van der Waals surface area contributed by atoms with Crippen LogP contribution in [-0.2, 0) is 17.6 Å². The van der Waals surface area contributed by atoms with E-state index in [1.165, 1.54) is 24.0 Å². The fourth-order valence-corrected chi connectivity index (χ4v) is 2.07. The molecule has 1 aliphatic rings. The lowest BCUT2D eigenvalue weighted by Crippen LogP contribution is -2.33. The zero-order valence-electron chi connectivity index (χ0n) is 9.87. The van der Waals surface area contributed by atoms with Crippen molar-refractivity contribution in [3.05, 3.63) is 29.3 Å². The zero-order valence-corrected chi connectivity index (χ0v) is 9.87. The van der Waals surface area contributed by atoms with Crippen LogP contribution in [0, 0.1) is 0 Å². The maximum absolute atomic E-state index is 10.9. The zero-order chi connectivity index (χ0) is 12.1. The molecule has 0 heterocycles. The van der Waals surface area contributed by atoms with Crippen molar-refractivity contribution < 1.29 is 9.53 Å². The van der Waals surface area contributed by atoms with E-state index in [-0.39, 0.29) is 12.5 Å². The van der Waals surface area contributed by atoms with Crippen molar-refractivity contribution in [1.82, 2.24) is 5.32 Å². The molecular weight excluding hydrogens is 216 g/mol. The molecule has 0 saturated carbocycles. The molecule has 0 aromatic heterocycles. The summed E-state index contributed by atoms with van der Waals surface area (Å²) in [6.45, 7) is 0.997. The number of carbonyl (C=O) groups excluding carboxylic acids is 1. The molecule has 1 amide bonds. The van der Waals surface area contributed by atoms with Crippen molar-refractivity contribution in [3.8, 4) is 5.75 Å². The molecule has 0 atom stereocenters. The third-order valence-corrected chi connectivity index (χ3v) is 2.95. The number of rotatable bonds is 5. The van der Waals surface area contributed by atoms with Gasteiger partial charge in [-0.25, -0.2) is 0 Å². The van der Waals surface area contributed by atoms with Crippen molar-refractivity contribution >= 4 is 5.91 Å². The SMILES string of the molecule is NCC(=O)NCCOc1ccc2c(c1)CCC2. The lowest BCUT2D eigenvalue weighted by atomic mass is 10.1. The van der Waals surface area contributed by atoms with Crippen LogP contribution in [-0.4, -0.2) is 25.6 Å². The van der Waals surface area contributed by atoms with Crippen molar-refractivity contribution in [1.29, 1.82) is 0 Å². The van der Waals surface area contributed by atoms with Crippen LogP contribution in [0.5, 0.6) is 5.75 Å². The van der Waals surface area contributed by atoms with Crippen LogP contribution < -0.4 is 15.8 Å². The van der Waals surface area contributed by atoms with E-state index in [0.29, 0.717) is 13.2 Å². The highest BCUT2D eigenvalue weighted by atomic mass is 16.5. The van der Waals surface area contributed by atoms with Gasteiger partial charge in [-0.15, -0.1) is 0 Å². The first-order valence-electron chi connectivity index (χ1n) is 6.01. The molecule has 1 aliphatic carbocycles. The molecule has 0 radical (unpaired) electrons. The lowest BCUT2D eigenvalue weighted by Gasteiger charge is -2.08. The van der Waals surface area contributed by atoms with Gasteiger partial charge in [-0.1, -0.05) is 6.07 Å². The normalized spacial score (nSPS) is 13.2. The number of aryl methyl sites for hydroxylation is 2. The molecule has 0 unspecified atom stereocenters. The summed E-state index contributed by atoms with van der Waals surface area (Å²) in [5.74, 6) is 0.732. The number of benzene rings is 1. The third-order valence-electron chi connectivity index (χ3n) is 2.95. The summed E-state index contributed by atoms with van der Waals surface area (Å²) in [5.41, 5.74) is 8.01. The topological polar surface area (TPSA) is 64.4 Å². The highest BCUT2D eigenvalue weighted by Crippen LogP contribution is 2.25. The van der Waals surface area contributed by atoms with E-state index in [4.69, 9.17) is 10.5 Å². The van der Waals surface area contributed by atoms with Gasteiger partial charge >= 0.3 is 0 Å². The number of carbonyl (C=O) groups is 1. The molecule has 1 aromatic rings. The Kier molecular flexibility index (Phi) is 3.98. The van der Waals surface area contributed by atoms with Gasteiger partial charge in [0.15, 0.2) is 0 Å². The van der Waals surface area contributed by atoms with Crippen LogP contribution in [0.4, 0.5) is 0 Å². The Morgan fingerprint density at radius 1 is 1.35 bits per heavy atom. The number of ether oxygens (including phenoxy) is 1. The Balaban J connectivity index is 1.78. The lowest BCUT2D eigenvalue weighted by molar-refractivity contribution is -0.119. The number of hydrogen-bond donors (Lipinski definition) is 2. The Bertz CT molecular complexity index is 404. The minimum absolute atomic E-state index is 0.0266. The molecule has 0 saturated heterocycles. The van der Waals surface area contributed by atoms with Crippen LogP contribution in [0.1, 0.15) is 17.5 Å². The highest BCUT2D eigenvalue weighted by molar-refractivity contribution is 5.77. The minimum atomic E-state index is -0.150. The Morgan fingerprint density at radius 2 is 2.18 bits per heavy atom. The van der Waals surface area contributed by atoms with E-state index in [0.717, 1.165) is 12.2 Å². The second kappa shape index (κ2) is 5.68. The van der Waals surface area contributed by atoms with Gasteiger partial charge in [-0.3, -0.25) is 4.79 Å². The number of amides is 1. The van der Waals surface area contributed by atoms with Gasteiger partial charge < -0.3 is 15.8 Å². The van der Waals surface area contributed by atoms with Crippen LogP contribution in [0.15, 0.2) is 18.2 Å². The molecule has 4 nitrogen and oxygen atoms in total. The third kappa shape index (κ3) is 3.20. The maximum atomic E-state index is 10.9. The molecule has 2 rings (SSSR count). The Hall–Kier alpha value is -1.55. The van der Waals surface area contributed by atoms with E-state index in [9.17, 15) is 4.79 Å². The van der Waals surface area contributed by atoms with Gasteiger partial charge in [-0.05, 0) is 42.5 Å². The quantitative estimate of drug-likeness (QED) is 0.734. The summed E-state index contributed by atoms with van der Waals surface area (Å²) in [6, 6.07) is 6.23. The molecule has 0 aliphatic heterocycles. The average Bonchev–Trinajstić information content (AvgIpc) is 2.81. The van der Waals surface area contributed by atoms with Crippen molar-refractivity contribution in [2.24, 2.45) is 5.73 Å². The van der Waals surface area contributed by atoms with Gasteiger partial charge in [-0.2, -0.15) is 0 Å². The van der Waals surface area contributed by atoms with E-state index in [2.05, 4.69) is 17.4 Å². The fraction of sp³-hybridized carbons (Fsp3) is 0.462. The minimum Gasteiger partial charge on any atom is -0.492 e. The second-order valence-corrected chi connectivity index (χ2v) is 4.19. The summed E-state index contributed by atoms with van der Waals surface area (Å²) < 4.78 is 5.57. The first-order chi connectivity index (χ1) is 8.29. The standard InChI is InChI=1S/C13H18N2O2/c14-9-13(16)15-6-7-17-12-5-4-10-2-1-3-11(10)8-12/h4-5,8H,1-3,6-7,9,14H2,(H,15,16). The van der Waals surface area contributed by atoms with E-state index >= 15 is 0 Å². The molecule has 4 heteroatoms. The second-order valence-electron chi connectivity index (χ2n) is 4.19. The van der Waals surface area contributed by atoms with Crippen LogP contribution in [0.3, 0.4) is 0 Å². The maximum Gasteiger partial charge on any atom is 0.233 e. The van der Waals surface area contributed by atoms with Gasteiger partial charge in [0.2, 0.25) is 5.91 Å². The molecular formula is C13H18N2O2. The van der Waals surface area contributed by atoms with Gasteiger partial charge in [0.25, 0.3) is 0 Å². The fourth-order valence-electron chi connectivity index (χ4n) is 2.07. The highest BCUT2D eigenvalue weighted by Gasteiger charge is 2.10. The molecule has 17 heavy (non-hydrogen) atoms. The summed E-state index contributed by atoms with van der Waals surface area (Å²) in [6.07, 6.45) is 3.57. The van der Waals surface area contributed by atoms with Crippen molar-refractivity contribution in [3.63, 3.8) is 0 Å². The smallest absolute Gasteiger partial charge is 0.233 e. The number of nitrogens with one attached hydrogen (secondary N) is 1. The van der Waals surface area contributed by atoms with Gasteiger partial charge in [0.1, 0.15) is 12.4 Å². The van der Waals surface area contributed by atoms with Crippen LogP contribution in [0.2, 0.25) is 0 Å². The number of fused-ring (bicyclic) bond motifs is 1. The number of nitrogens with two attached hydrogens (primary N) is 1.